The third kappa shape index (κ3) is 7.80. The van der Waals surface area contributed by atoms with Crippen LogP contribution in [0.3, 0.4) is 0 Å². The van der Waals surface area contributed by atoms with Gasteiger partial charge in [-0.05, 0) is 49.4 Å². The third-order valence-electron chi connectivity index (χ3n) is 3.53. The summed E-state index contributed by atoms with van der Waals surface area (Å²) in [7, 11) is 0. The van der Waals surface area contributed by atoms with Crippen LogP contribution in [0.4, 0.5) is 11.4 Å². The first-order valence-corrected chi connectivity index (χ1v) is 9.88. The van der Waals surface area contributed by atoms with E-state index < -0.39 is 17.8 Å². The fraction of sp³-hybridized carbons (Fsp3) is 0.143. The Morgan fingerprint density at radius 1 is 1.00 bits per heavy atom. The monoisotopic (exact) mass is 428 g/mol. The molecule has 2 rings (SSSR count). The number of anilines is 2. The molecule has 8 nitrogen and oxygen atoms in total. The summed E-state index contributed by atoms with van der Waals surface area (Å²) >= 11 is 1.27. The fourth-order valence-electron chi connectivity index (χ4n) is 2.24. The van der Waals surface area contributed by atoms with Crippen LogP contribution in [-0.2, 0) is 19.1 Å². The van der Waals surface area contributed by atoms with Gasteiger partial charge in [0.05, 0.1) is 17.9 Å². The number of hydrogen-bond donors (Lipinski definition) is 3. The summed E-state index contributed by atoms with van der Waals surface area (Å²) in [6, 6.07) is 13.2. The largest absolute Gasteiger partial charge is 0.478 e. The molecule has 30 heavy (non-hydrogen) atoms. The molecule has 0 saturated carbocycles. The summed E-state index contributed by atoms with van der Waals surface area (Å²) in [5.41, 5.74) is 1.44. The number of carboxylic acid groups (broad SMARTS) is 1. The zero-order valence-electron chi connectivity index (χ0n) is 16.1. The molecule has 3 N–H and O–H groups in total. The van der Waals surface area contributed by atoms with Gasteiger partial charge in [-0.2, -0.15) is 0 Å². The minimum atomic E-state index is -1.21. The standard InChI is InChI=1S/C21H20N2O6S/c1-2-29-21(28)14-6-8-15(9-7-14)22-19(25)13-30-17-5-3-4-16(12-17)23-18(24)10-11-20(26)27/h3-12H,2,13H2,1H3,(H,22,25)(H,23,24)(H,26,27)/b11-10+. The molecule has 0 aliphatic rings. The van der Waals surface area contributed by atoms with Gasteiger partial charge in [-0.15, -0.1) is 11.8 Å². The van der Waals surface area contributed by atoms with Gasteiger partial charge in [0.25, 0.3) is 0 Å². The number of hydrogen-bond acceptors (Lipinski definition) is 6. The summed E-state index contributed by atoms with van der Waals surface area (Å²) in [4.78, 5) is 46.6. The van der Waals surface area contributed by atoms with Gasteiger partial charge in [-0.3, -0.25) is 9.59 Å². The molecule has 0 bridgehead atoms. The molecule has 0 heterocycles. The predicted molar refractivity (Wildman–Crippen MR) is 114 cm³/mol. The zero-order chi connectivity index (χ0) is 21.9. The average molecular weight is 428 g/mol. The number of carbonyl (C=O) groups is 4. The Labute approximate surface area is 177 Å². The number of rotatable bonds is 9. The first-order chi connectivity index (χ1) is 14.4. The van der Waals surface area contributed by atoms with Crippen LogP contribution in [0.2, 0.25) is 0 Å². The molecule has 0 fully saturated rings. The van der Waals surface area contributed by atoms with E-state index in [0.29, 0.717) is 23.5 Å². The second-order valence-electron chi connectivity index (χ2n) is 5.82. The van der Waals surface area contributed by atoms with E-state index in [2.05, 4.69) is 10.6 Å². The lowest BCUT2D eigenvalue weighted by molar-refractivity contribution is -0.131. The van der Waals surface area contributed by atoms with Gasteiger partial charge in [0.2, 0.25) is 11.8 Å². The molecule has 2 aromatic carbocycles. The van der Waals surface area contributed by atoms with Crippen molar-refractivity contribution in [3.63, 3.8) is 0 Å². The van der Waals surface area contributed by atoms with Crippen molar-refractivity contribution in [3.8, 4) is 0 Å². The molecule has 0 unspecified atom stereocenters. The van der Waals surface area contributed by atoms with Crippen LogP contribution in [0, 0.1) is 0 Å². The summed E-state index contributed by atoms with van der Waals surface area (Å²) in [6.45, 7) is 2.02. The highest BCUT2D eigenvalue weighted by molar-refractivity contribution is 8.00. The lowest BCUT2D eigenvalue weighted by Gasteiger charge is -2.08. The lowest BCUT2D eigenvalue weighted by atomic mass is 10.2. The van der Waals surface area contributed by atoms with Crippen LogP contribution >= 0.6 is 11.8 Å². The van der Waals surface area contributed by atoms with Crippen LogP contribution in [0.25, 0.3) is 0 Å². The number of amides is 2. The Morgan fingerprint density at radius 3 is 2.40 bits per heavy atom. The molecule has 0 spiro atoms. The van der Waals surface area contributed by atoms with Gasteiger partial charge >= 0.3 is 11.9 Å². The smallest absolute Gasteiger partial charge is 0.338 e. The Balaban J connectivity index is 1.86. The summed E-state index contributed by atoms with van der Waals surface area (Å²) in [5.74, 6) is -2.30. The van der Waals surface area contributed by atoms with Crippen molar-refractivity contribution in [3.05, 3.63) is 66.2 Å². The van der Waals surface area contributed by atoms with Crippen molar-refractivity contribution in [1.29, 1.82) is 0 Å². The Kier molecular flexibility index (Phi) is 8.64. The number of benzene rings is 2. The predicted octanol–water partition coefficient (Wildman–Crippen LogP) is 3.17. The van der Waals surface area contributed by atoms with Crippen LogP contribution in [0.15, 0.2) is 65.6 Å². The minimum Gasteiger partial charge on any atom is -0.478 e. The van der Waals surface area contributed by atoms with Gasteiger partial charge in [0.1, 0.15) is 0 Å². The maximum absolute atomic E-state index is 12.2. The quantitative estimate of drug-likeness (QED) is 0.319. The van der Waals surface area contributed by atoms with Crippen molar-refractivity contribution in [1.82, 2.24) is 0 Å². The number of ether oxygens (including phenoxy) is 1. The Morgan fingerprint density at radius 2 is 1.73 bits per heavy atom. The molecule has 0 aromatic heterocycles. The van der Waals surface area contributed by atoms with Crippen LogP contribution in [-0.4, -0.2) is 41.2 Å². The Hall–Kier alpha value is -3.59. The highest BCUT2D eigenvalue weighted by atomic mass is 32.2. The lowest BCUT2D eigenvalue weighted by Crippen LogP contribution is -2.14. The van der Waals surface area contributed by atoms with E-state index in [4.69, 9.17) is 9.84 Å². The molecule has 9 heteroatoms. The second-order valence-corrected chi connectivity index (χ2v) is 6.87. The molecular weight excluding hydrogens is 408 g/mol. The van der Waals surface area contributed by atoms with Gasteiger partial charge in [0, 0.05) is 28.4 Å². The summed E-state index contributed by atoms with van der Waals surface area (Å²) in [5, 5.41) is 13.8. The number of carbonyl (C=O) groups excluding carboxylic acids is 3. The summed E-state index contributed by atoms with van der Waals surface area (Å²) in [6.07, 6.45) is 1.67. The van der Waals surface area contributed by atoms with Crippen molar-refractivity contribution >= 4 is 46.9 Å². The second kappa shape index (κ2) is 11.4. The maximum atomic E-state index is 12.2. The molecule has 0 atom stereocenters. The van der Waals surface area contributed by atoms with Crippen molar-refractivity contribution in [2.24, 2.45) is 0 Å². The third-order valence-corrected chi connectivity index (χ3v) is 4.52. The zero-order valence-corrected chi connectivity index (χ0v) is 16.9. The molecular formula is C21H20N2O6S. The van der Waals surface area contributed by atoms with Crippen molar-refractivity contribution in [2.45, 2.75) is 11.8 Å². The van der Waals surface area contributed by atoms with Gasteiger partial charge in [-0.1, -0.05) is 6.07 Å². The molecule has 0 radical (unpaired) electrons. The molecule has 0 aliphatic carbocycles. The van der Waals surface area contributed by atoms with E-state index in [0.717, 1.165) is 17.0 Å². The molecule has 2 amide bonds. The number of carboxylic acids is 1. The Bertz CT molecular complexity index is 956. The average Bonchev–Trinajstić information content (AvgIpc) is 2.72. The van der Waals surface area contributed by atoms with E-state index in [1.54, 1.807) is 55.5 Å². The number of thioether (sulfide) groups is 1. The van der Waals surface area contributed by atoms with Crippen LogP contribution in [0.1, 0.15) is 17.3 Å². The molecule has 2 aromatic rings. The van der Waals surface area contributed by atoms with Crippen molar-refractivity contribution < 1.29 is 29.0 Å². The van der Waals surface area contributed by atoms with E-state index in [9.17, 15) is 19.2 Å². The van der Waals surface area contributed by atoms with E-state index in [1.807, 2.05) is 0 Å². The molecule has 0 aliphatic heterocycles. The topological polar surface area (TPSA) is 122 Å². The van der Waals surface area contributed by atoms with Crippen LogP contribution in [0.5, 0.6) is 0 Å². The van der Waals surface area contributed by atoms with E-state index in [-0.39, 0.29) is 11.7 Å². The SMILES string of the molecule is CCOC(=O)c1ccc(NC(=O)CSc2cccc(NC(=O)/C=C/C(=O)O)c2)cc1. The van der Waals surface area contributed by atoms with Crippen LogP contribution < -0.4 is 10.6 Å². The van der Waals surface area contributed by atoms with E-state index in [1.165, 1.54) is 11.8 Å². The molecule has 156 valence electrons. The van der Waals surface area contributed by atoms with Gasteiger partial charge < -0.3 is 20.5 Å². The highest BCUT2D eigenvalue weighted by Crippen LogP contribution is 2.22. The normalized spacial score (nSPS) is 10.4. The first-order valence-electron chi connectivity index (χ1n) is 8.89. The minimum absolute atomic E-state index is 0.135. The van der Waals surface area contributed by atoms with Gasteiger partial charge in [0.15, 0.2) is 0 Å². The number of esters is 1. The maximum Gasteiger partial charge on any atom is 0.338 e. The number of nitrogens with one attached hydrogen (secondary N) is 2. The molecule has 0 saturated heterocycles. The first kappa shape index (κ1) is 22.7. The fourth-order valence-corrected chi connectivity index (χ4v) is 3.00. The van der Waals surface area contributed by atoms with Crippen molar-refractivity contribution in [2.75, 3.05) is 23.0 Å². The summed E-state index contributed by atoms with van der Waals surface area (Å²) < 4.78 is 4.91. The van der Waals surface area contributed by atoms with E-state index >= 15 is 0 Å². The highest BCUT2D eigenvalue weighted by Gasteiger charge is 2.08. The van der Waals surface area contributed by atoms with Gasteiger partial charge in [-0.25, -0.2) is 9.59 Å². The number of aliphatic carboxylic acids is 1.